The number of nitrogens with one attached hydrogen (secondary N) is 2. The van der Waals surface area contributed by atoms with Gasteiger partial charge >= 0.3 is 0 Å². The number of rotatable bonds is 4. The van der Waals surface area contributed by atoms with Gasteiger partial charge in [-0.1, -0.05) is 42.5 Å². The van der Waals surface area contributed by atoms with Crippen LogP contribution < -0.4 is 5.32 Å². The highest BCUT2D eigenvalue weighted by Gasteiger charge is 2.34. The monoisotopic (exact) mass is 335 g/mol. The minimum atomic E-state index is -0.241. The Labute approximate surface area is 147 Å². The maximum atomic E-state index is 13.5. The Kier molecular flexibility index (Phi) is 4.36. The lowest BCUT2D eigenvalue weighted by molar-refractivity contribution is 0.303. The predicted molar refractivity (Wildman–Crippen MR) is 97.9 cm³/mol. The molecule has 0 radical (unpaired) electrons. The van der Waals surface area contributed by atoms with Gasteiger partial charge in [-0.25, -0.2) is 9.37 Å². The summed E-state index contributed by atoms with van der Waals surface area (Å²) < 4.78 is 13.5. The topological polar surface area (TPSA) is 40.7 Å². The molecule has 4 rings (SSSR count). The lowest BCUT2D eigenvalue weighted by Crippen LogP contribution is -2.41. The molecule has 1 aromatic heterocycles. The molecule has 1 aliphatic rings. The van der Waals surface area contributed by atoms with E-state index in [0.717, 1.165) is 49.4 Å². The fourth-order valence-corrected chi connectivity index (χ4v) is 3.86. The van der Waals surface area contributed by atoms with Gasteiger partial charge in [-0.3, -0.25) is 0 Å². The lowest BCUT2D eigenvalue weighted by Gasteiger charge is -2.38. The van der Waals surface area contributed by atoms with Gasteiger partial charge in [-0.05, 0) is 50.0 Å². The third kappa shape index (κ3) is 3.35. The molecule has 1 fully saturated rings. The molecule has 0 saturated carbocycles. The molecule has 2 aromatic carbocycles. The fraction of sp³-hybridized carbons (Fsp3) is 0.286. The van der Waals surface area contributed by atoms with Crippen molar-refractivity contribution in [3.05, 3.63) is 77.9 Å². The molecular weight excluding hydrogens is 313 g/mol. The Morgan fingerprint density at radius 1 is 1.00 bits per heavy atom. The van der Waals surface area contributed by atoms with Crippen molar-refractivity contribution in [3.8, 4) is 11.4 Å². The summed E-state index contributed by atoms with van der Waals surface area (Å²) in [6.45, 7) is 2.06. The zero-order chi connectivity index (χ0) is 17.1. The van der Waals surface area contributed by atoms with Crippen LogP contribution in [0.3, 0.4) is 0 Å². The summed E-state index contributed by atoms with van der Waals surface area (Å²) in [5, 5.41) is 3.46. The molecule has 3 nitrogen and oxygen atoms in total. The lowest BCUT2D eigenvalue weighted by atomic mass is 9.70. The van der Waals surface area contributed by atoms with Crippen LogP contribution in [0, 0.1) is 5.82 Å². The molecule has 0 spiro atoms. The summed E-state index contributed by atoms with van der Waals surface area (Å²) in [4.78, 5) is 7.88. The van der Waals surface area contributed by atoms with E-state index in [-0.39, 0.29) is 11.2 Å². The summed E-state index contributed by atoms with van der Waals surface area (Å²) in [5.74, 6) is 0.487. The Morgan fingerprint density at radius 3 is 2.56 bits per heavy atom. The second kappa shape index (κ2) is 6.81. The number of H-pyrrole nitrogens is 1. The highest BCUT2D eigenvalue weighted by Crippen LogP contribution is 2.36. The average molecular weight is 335 g/mol. The highest BCUT2D eigenvalue weighted by molar-refractivity contribution is 5.55. The van der Waals surface area contributed by atoms with Crippen LogP contribution in [0.25, 0.3) is 11.4 Å². The Balaban J connectivity index is 1.63. The second-order valence-corrected chi connectivity index (χ2v) is 6.84. The van der Waals surface area contributed by atoms with E-state index in [1.54, 1.807) is 6.07 Å². The van der Waals surface area contributed by atoms with Crippen molar-refractivity contribution in [2.24, 2.45) is 0 Å². The van der Waals surface area contributed by atoms with Crippen molar-refractivity contribution in [1.82, 2.24) is 15.3 Å². The van der Waals surface area contributed by atoms with Gasteiger partial charge in [-0.2, -0.15) is 0 Å². The number of imidazole rings is 1. The number of nitrogens with zero attached hydrogens (tertiary/aromatic N) is 1. The number of hydrogen-bond donors (Lipinski definition) is 2. The third-order valence-corrected chi connectivity index (χ3v) is 5.20. The first-order valence-electron chi connectivity index (χ1n) is 8.81. The average Bonchev–Trinajstić information content (AvgIpc) is 3.12. The molecule has 0 atom stereocenters. The number of halogens is 1. The Morgan fingerprint density at radius 2 is 1.80 bits per heavy atom. The number of aromatic amines is 1. The van der Waals surface area contributed by atoms with Crippen molar-refractivity contribution >= 4 is 0 Å². The first-order chi connectivity index (χ1) is 12.3. The standard InChI is InChI=1S/C21H22FN3/c22-18-8-4-5-16(13-18)20-24-15-19(25-20)14-21(9-11-23-12-10-21)17-6-2-1-3-7-17/h1-8,13,15,23H,9-12,14H2,(H,24,25). The zero-order valence-corrected chi connectivity index (χ0v) is 14.1. The van der Waals surface area contributed by atoms with Crippen LogP contribution in [0.1, 0.15) is 24.1 Å². The quantitative estimate of drug-likeness (QED) is 0.754. The zero-order valence-electron chi connectivity index (χ0n) is 14.1. The number of hydrogen-bond acceptors (Lipinski definition) is 2. The van der Waals surface area contributed by atoms with Crippen molar-refractivity contribution in [1.29, 1.82) is 0 Å². The van der Waals surface area contributed by atoms with Crippen molar-refractivity contribution in [3.63, 3.8) is 0 Å². The molecule has 25 heavy (non-hydrogen) atoms. The van der Waals surface area contributed by atoms with Gasteiger partial charge in [0, 0.05) is 22.9 Å². The van der Waals surface area contributed by atoms with Gasteiger partial charge in [-0.15, -0.1) is 0 Å². The maximum Gasteiger partial charge on any atom is 0.137 e. The Bertz CT molecular complexity index is 835. The van der Waals surface area contributed by atoms with Crippen molar-refractivity contribution in [2.75, 3.05) is 13.1 Å². The van der Waals surface area contributed by atoms with Crippen molar-refractivity contribution < 1.29 is 4.39 Å². The van der Waals surface area contributed by atoms with E-state index in [1.165, 1.54) is 17.7 Å². The summed E-state index contributed by atoms with van der Waals surface area (Å²) in [7, 11) is 0. The van der Waals surface area contributed by atoms with Gasteiger partial charge in [0.25, 0.3) is 0 Å². The third-order valence-electron chi connectivity index (χ3n) is 5.20. The molecule has 3 aromatic rings. The van der Waals surface area contributed by atoms with Crippen LogP contribution in [0.4, 0.5) is 4.39 Å². The minimum Gasteiger partial charge on any atom is -0.342 e. The summed E-state index contributed by atoms with van der Waals surface area (Å²) in [6, 6.07) is 17.3. The molecule has 0 aliphatic carbocycles. The summed E-state index contributed by atoms with van der Waals surface area (Å²) in [5.41, 5.74) is 3.40. The number of piperidine rings is 1. The first kappa shape index (κ1) is 16.0. The summed E-state index contributed by atoms with van der Waals surface area (Å²) in [6.07, 6.45) is 5.02. The van der Waals surface area contributed by atoms with Crippen LogP contribution in [0.15, 0.2) is 60.8 Å². The van der Waals surface area contributed by atoms with Crippen LogP contribution in [-0.4, -0.2) is 23.1 Å². The normalized spacial score (nSPS) is 16.7. The van der Waals surface area contributed by atoms with Gasteiger partial charge in [0.15, 0.2) is 0 Å². The molecule has 1 saturated heterocycles. The van der Waals surface area contributed by atoms with Crippen LogP contribution in [-0.2, 0) is 11.8 Å². The van der Waals surface area contributed by atoms with Crippen molar-refractivity contribution in [2.45, 2.75) is 24.7 Å². The summed E-state index contributed by atoms with van der Waals surface area (Å²) >= 11 is 0. The van der Waals surface area contributed by atoms with Crippen LogP contribution in [0.5, 0.6) is 0 Å². The van der Waals surface area contributed by atoms with E-state index >= 15 is 0 Å². The molecule has 0 amide bonds. The minimum absolute atomic E-state index is 0.123. The van der Waals surface area contributed by atoms with E-state index in [1.807, 2.05) is 12.3 Å². The van der Waals surface area contributed by atoms with Gasteiger partial charge in [0.1, 0.15) is 11.6 Å². The van der Waals surface area contributed by atoms with E-state index in [4.69, 9.17) is 0 Å². The molecule has 2 N–H and O–H groups in total. The predicted octanol–water partition coefficient (Wildman–Crippen LogP) is 4.08. The smallest absolute Gasteiger partial charge is 0.137 e. The Hall–Kier alpha value is -2.46. The molecule has 128 valence electrons. The molecule has 2 heterocycles. The molecule has 0 unspecified atom stereocenters. The second-order valence-electron chi connectivity index (χ2n) is 6.84. The van der Waals surface area contributed by atoms with E-state index < -0.39 is 0 Å². The fourth-order valence-electron chi connectivity index (χ4n) is 3.86. The van der Waals surface area contributed by atoms with Gasteiger partial charge in [0.2, 0.25) is 0 Å². The van der Waals surface area contributed by atoms with Crippen LogP contribution >= 0.6 is 0 Å². The van der Waals surface area contributed by atoms with E-state index in [2.05, 4.69) is 45.6 Å². The van der Waals surface area contributed by atoms with Gasteiger partial charge in [0.05, 0.1) is 0 Å². The maximum absolute atomic E-state index is 13.5. The number of benzene rings is 2. The highest BCUT2D eigenvalue weighted by atomic mass is 19.1. The van der Waals surface area contributed by atoms with Crippen LogP contribution in [0.2, 0.25) is 0 Å². The van der Waals surface area contributed by atoms with E-state index in [0.29, 0.717) is 0 Å². The van der Waals surface area contributed by atoms with Gasteiger partial charge < -0.3 is 10.3 Å². The molecule has 0 bridgehead atoms. The molecule has 1 aliphatic heterocycles. The molecular formula is C21H22FN3. The SMILES string of the molecule is Fc1cccc(-c2ncc(CC3(c4ccccc4)CCNCC3)[nH]2)c1. The first-order valence-corrected chi connectivity index (χ1v) is 8.81. The molecule has 4 heteroatoms. The largest absolute Gasteiger partial charge is 0.342 e. The number of aromatic nitrogens is 2. The van der Waals surface area contributed by atoms with E-state index in [9.17, 15) is 4.39 Å².